The molecule has 18 heavy (non-hydrogen) atoms. The van der Waals surface area contributed by atoms with Crippen LogP contribution in [-0.4, -0.2) is 12.7 Å². The maximum atomic E-state index is 13.8. The minimum absolute atomic E-state index is 0.0478. The minimum atomic E-state index is -4.75. The number of alkyl halides is 3. The summed E-state index contributed by atoms with van der Waals surface area (Å²) in [7, 11) is 0. The van der Waals surface area contributed by atoms with Crippen LogP contribution in [0.3, 0.4) is 0 Å². The summed E-state index contributed by atoms with van der Waals surface area (Å²) in [4.78, 5) is 11.0. The quantitative estimate of drug-likeness (QED) is 0.791. The highest BCUT2D eigenvalue weighted by Crippen LogP contribution is 2.34. The van der Waals surface area contributed by atoms with Gasteiger partial charge in [0, 0.05) is 12.0 Å². The molecule has 0 aromatic heterocycles. The molecule has 3 nitrogen and oxygen atoms in total. The summed E-state index contributed by atoms with van der Waals surface area (Å²) in [5.74, 6) is -1.35. The highest BCUT2D eigenvalue weighted by molar-refractivity contribution is 5.68. The molecule has 0 spiro atoms. The summed E-state index contributed by atoms with van der Waals surface area (Å²) < 4.78 is 55.9. The highest BCUT2D eigenvalue weighted by atomic mass is 19.4. The van der Waals surface area contributed by atoms with Crippen LogP contribution in [-0.2, 0) is 10.9 Å². The van der Waals surface area contributed by atoms with Gasteiger partial charge in [0.2, 0.25) is 0 Å². The van der Waals surface area contributed by atoms with Crippen molar-refractivity contribution in [2.75, 3.05) is 6.61 Å². The van der Waals surface area contributed by atoms with Crippen LogP contribution in [0.5, 0.6) is 0 Å². The number of halogens is 4. The van der Waals surface area contributed by atoms with Gasteiger partial charge in [0.25, 0.3) is 0 Å². The van der Waals surface area contributed by atoms with E-state index >= 15 is 0 Å². The molecule has 1 N–H and O–H groups in total. The van der Waals surface area contributed by atoms with Gasteiger partial charge in [-0.25, -0.2) is 9.18 Å². The van der Waals surface area contributed by atoms with E-state index in [9.17, 15) is 22.4 Å². The van der Waals surface area contributed by atoms with E-state index in [4.69, 9.17) is 0 Å². The molecular weight excluding hydrogens is 254 g/mol. The van der Waals surface area contributed by atoms with Crippen LogP contribution in [0.1, 0.15) is 23.6 Å². The molecule has 7 heteroatoms. The lowest BCUT2D eigenvalue weighted by Crippen LogP contribution is -2.36. The van der Waals surface area contributed by atoms with Crippen molar-refractivity contribution >= 4 is 6.09 Å². The van der Waals surface area contributed by atoms with Gasteiger partial charge in [0.1, 0.15) is 5.82 Å². The normalized spacial score (nSPS) is 20.2. The van der Waals surface area contributed by atoms with E-state index < -0.39 is 29.7 Å². The molecule has 1 fully saturated rings. The molecule has 0 aliphatic carbocycles. The summed E-state index contributed by atoms with van der Waals surface area (Å²) in [6, 6.07) is 2.21. The molecule has 1 saturated heterocycles. The molecule has 1 aromatic rings. The first-order chi connectivity index (χ1) is 8.39. The Morgan fingerprint density at radius 1 is 1.33 bits per heavy atom. The third kappa shape index (κ3) is 2.39. The van der Waals surface area contributed by atoms with E-state index in [1.165, 1.54) is 6.07 Å². The lowest BCUT2D eigenvalue weighted by Gasteiger charge is -2.24. The largest absolute Gasteiger partial charge is 0.449 e. The molecular formula is C11H9F4NO2. The molecule has 0 radical (unpaired) electrons. The van der Waals surface area contributed by atoms with Gasteiger partial charge in [-0.3, -0.25) is 0 Å². The van der Waals surface area contributed by atoms with Crippen LogP contribution in [0.4, 0.5) is 22.4 Å². The van der Waals surface area contributed by atoms with Crippen molar-refractivity contribution in [3.05, 3.63) is 35.1 Å². The van der Waals surface area contributed by atoms with Crippen molar-refractivity contribution in [1.29, 1.82) is 0 Å². The molecule has 0 saturated carbocycles. The second kappa shape index (κ2) is 4.47. The zero-order chi connectivity index (χ0) is 13.3. The number of hydrogen-bond acceptors (Lipinski definition) is 2. The second-order valence-corrected chi connectivity index (χ2v) is 3.83. The Morgan fingerprint density at radius 2 is 2.06 bits per heavy atom. The van der Waals surface area contributed by atoms with Crippen LogP contribution in [0.25, 0.3) is 0 Å². The molecule has 2 rings (SSSR count). The van der Waals surface area contributed by atoms with E-state index in [0.29, 0.717) is 6.07 Å². The number of benzene rings is 1. The number of rotatable bonds is 1. The van der Waals surface area contributed by atoms with E-state index in [0.717, 1.165) is 6.07 Å². The maximum Gasteiger partial charge on any atom is 0.419 e. The molecule has 1 heterocycles. The monoisotopic (exact) mass is 263 g/mol. The topological polar surface area (TPSA) is 38.3 Å². The number of ether oxygens (including phenoxy) is 1. The summed E-state index contributed by atoms with van der Waals surface area (Å²) in [6.07, 6.45) is -5.29. The zero-order valence-corrected chi connectivity index (χ0v) is 9.05. The van der Waals surface area contributed by atoms with Crippen LogP contribution in [0.15, 0.2) is 18.2 Å². The lowest BCUT2D eigenvalue weighted by atomic mass is 10.00. The van der Waals surface area contributed by atoms with Crippen LogP contribution < -0.4 is 5.32 Å². The number of alkyl carbamates (subject to hydrolysis) is 1. The Balaban J connectivity index is 2.37. The van der Waals surface area contributed by atoms with Crippen molar-refractivity contribution in [2.45, 2.75) is 18.6 Å². The lowest BCUT2D eigenvalue weighted by molar-refractivity contribution is -0.140. The van der Waals surface area contributed by atoms with Gasteiger partial charge in [-0.2, -0.15) is 13.2 Å². The molecule has 98 valence electrons. The minimum Gasteiger partial charge on any atom is -0.449 e. The Kier molecular flexibility index (Phi) is 3.14. The smallest absolute Gasteiger partial charge is 0.419 e. The molecule has 1 amide bonds. The van der Waals surface area contributed by atoms with Crippen molar-refractivity contribution in [3.8, 4) is 0 Å². The number of cyclic esters (lactones) is 1. The average molecular weight is 263 g/mol. The fourth-order valence-electron chi connectivity index (χ4n) is 1.80. The van der Waals surface area contributed by atoms with Gasteiger partial charge in [-0.1, -0.05) is 12.1 Å². The van der Waals surface area contributed by atoms with Crippen molar-refractivity contribution in [1.82, 2.24) is 5.32 Å². The summed E-state index contributed by atoms with van der Waals surface area (Å²) >= 11 is 0. The summed E-state index contributed by atoms with van der Waals surface area (Å²) in [5.41, 5.74) is -1.51. The van der Waals surface area contributed by atoms with Gasteiger partial charge < -0.3 is 10.1 Å². The SMILES string of the molecule is O=C1N[C@@H](c2cccc(C(F)(F)F)c2F)CCO1. The molecule has 0 bridgehead atoms. The molecule has 1 aliphatic heterocycles. The first-order valence-corrected chi connectivity index (χ1v) is 5.18. The number of hydrogen-bond donors (Lipinski definition) is 1. The standard InChI is InChI=1S/C11H9F4NO2/c12-9-6(8-4-5-18-10(17)16-8)2-1-3-7(9)11(13,14)15/h1-3,8H,4-5H2,(H,16,17)/t8-/m1/s1. The summed E-state index contributed by atoms with van der Waals surface area (Å²) in [6.45, 7) is 0.0478. The van der Waals surface area contributed by atoms with Crippen LogP contribution >= 0.6 is 0 Å². The molecule has 1 aromatic carbocycles. The highest BCUT2D eigenvalue weighted by Gasteiger charge is 2.36. The Labute approximate surface area is 99.7 Å². The number of nitrogens with one attached hydrogen (secondary N) is 1. The first kappa shape index (κ1) is 12.7. The third-order valence-corrected chi connectivity index (χ3v) is 2.64. The fourth-order valence-corrected chi connectivity index (χ4v) is 1.80. The predicted octanol–water partition coefficient (Wildman–Crippen LogP) is 3.02. The Hall–Kier alpha value is -1.79. The average Bonchev–Trinajstić information content (AvgIpc) is 2.27. The molecule has 1 aliphatic rings. The van der Waals surface area contributed by atoms with E-state index in [1.54, 1.807) is 0 Å². The van der Waals surface area contributed by atoms with Gasteiger partial charge in [-0.15, -0.1) is 0 Å². The molecule has 0 unspecified atom stereocenters. The number of amides is 1. The van der Waals surface area contributed by atoms with Gasteiger partial charge >= 0.3 is 12.3 Å². The van der Waals surface area contributed by atoms with Gasteiger partial charge in [0.15, 0.2) is 0 Å². The van der Waals surface area contributed by atoms with Crippen LogP contribution in [0.2, 0.25) is 0 Å². The van der Waals surface area contributed by atoms with Crippen LogP contribution in [0, 0.1) is 5.82 Å². The fraction of sp³-hybridized carbons (Fsp3) is 0.364. The Morgan fingerprint density at radius 3 is 2.67 bits per heavy atom. The maximum absolute atomic E-state index is 13.8. The Bertz CT molecular complexity index is 473. The third-order valence-electron chi connectivity index (χ3n) is 2.64. The summed E-state index contributed by atoms with van der Waals surface area (Å²) in [5, 5.41) is 2.28. The van der Waals surface area contributed by atoms with E-state index in [2.05, 4.69) is 10.1 Å². The van der Waals surface area contributed by atoms with Gasteiger partial charge in [-0.05, 0) is 6.07 Å². The van der Waals surface area contributed by atoms with E-state index in [-0.39, 0.29) is 18.6 Å². The van der Waals surface area contributed by atoms with E-state index in [1.807, 2.05) is 0 Å². The zero-order valence-electron chi connectivity index (χ0n) is 9.05. The number of carbonyl (C=O) groups excluding carboxylic acids is 1. The van der Waals surface area contributed by atoms with Crippen molar-refractivity contribution in [2.24, 2.45) is 0 Å². The second-order valence-electron chi connectivity index (χ2n) is 3.83. The van der Waals surface area contributed by atoms with Crippen molar-refractivity contribution in [3.63, 3.8) is 0 Å². The first-order valence-electron chi connectivity index (χ1n) is 5.18. The predicted molar refractivity (Wildman–Crippen MR) is 53.2 cm³/mol. The molecule has 1 atom stereocenters. The van der Waals surface area contributed by atoms with Crippen molar-refractivity contribution < 1.29 is 27.1 Å². The number of carbonyl (C=O) groups is 1. The van der Waals surface area contributed by atoms with Gasteiger partial charge in [0.05, 0.1) is 18.2 Å².